The normalized spacial score (nSPS) is 19.0. The SMILES string of the molecule is CC(C)CNC1(CN)CCN(CCc2ccccc2)CC1. The van der Waals surface area contributed by atoms with Crippen LogP contribution in [-0.2, 0) is 6.42 Å². The smallest absolute Gasteiger partial charge is 0.0328 e. The second kappa shape index (κ2) is 7.92. The maximum absolute atomic E-state index is 6.05. The molecular weight excluding hydrogens is 258 g/mol. The zero-order chi connectivity index (χ0) is 15.1. The zero-order valence-electron chi connectivity index (χ0n) is 13.6. The van der Waals surface area contributed by atoms with Gasteiger partial charge in [-0.1, -0.05) is 44.2 Å². The number of rotatable bonds is 7. The second-order valence-electron chi connectivity index (χ2n) is 6.84. The zero-order valence-corrected chi connectivity index (χ0v) is 13.6. The maximum atomic E-state index is 6.05. The van der Waals surface area contributed by atoms with Gasteiger partial charge in [-0.25, -0.2) is 0 Å². The highest BCUT2D eigenvalue weighted by molar-refractivity contribution is 5.14. The summed E-state index contributed by atoms with van der Waals surface area (Å²) in [6.07, 6.45) is 3.49. The van der Waals surface area contributed by atoms with Gasteiger partial charge in [-0.3, -0.25) is 0 Å². The Morgan fingerprint density at radius 1 is 1.19 bits per heavy atom. The van der Waals surface area contributed by atoms with Gasteiger partial charge < -0.3 is 16.0 Å². The van der Waals surface area contributed by atoms with Crippen LogP contribution in [0, 0.1) is 5.92 Å². The van der Waals surface area contributed by atoms with Gasteiger partial charge in [0.1, 0.15) is 0 Å². The van der Waals surface area contributed by atoms with E-state index in [1.165, 1.54) is 18.4 Å². The molecule has 3 nitrogen and oxygen atoms in total. The highest BCUT2D eigenvalue weighted by Gasteiger charge is 2.32. The molecule has 0 atom stereocenters. The number of nitrogens with two attached hydrogens (primary N) is 1. The van der Waals surface area contributed by atoms with Crippen LogP contribution in [0.3, 0.4) is 0 Å². The molecule has 1 aliphatic rings. The van der Waals surface area contributed by atoms with Crippen molar-refractivity contribution in [3.63, 3.8) is 0 Å². The fourth-order valence-corrected chi connectivity index (χ4v) is 3.01. The van der Waals surface area contributed by atoms with Crippen LogP contribution in [0.2, 0.25) is 0 Å². The van der Waals surface area contributed by atoms with Gasteiger partial charge in [-0.05, 0) is 50.4 Å². The molecule has 1 aromatic carbocycles. The molecule has 0 bridgehead atoms. The van der Waals surface area contributed by atoms with Gasteiger partial charge in [-0.2, -0.15) is 0 Å². The largest absolute Gasteiger partial charge is 0.329 e. The summed E-state index contributed by atoms with van der Waals surface area (Å²) in [6, 6.07) is 10.8. The first-order valence-electron chi connectivity index (χ1n) is 8.35. The van der Waals surface area contributed by atoms with Crippen molar-refractivity contribution in [1.82, 2.24) is 10.2 Å². The molecule has 2 rings (SSSR count). The molecule has 0 spiro atoms. The molecule has 1 aliphatic heterocycles. The Kier molecular flexibility index (Phi) is 6.22. The number of hydrogen-bond donors (Lipinski definition) is 2. The van der Waals surface area contributed by atoms with E-state index in [1.807, 2.05) is 0 Å². The van der Waals surface area contributed by atoms with E-state index in [2.05, 4.69) is 54.4 Å². The van der Waals surface area contributed by atoms with E-state index in [1.54, 1.807) is 0 Å². The Hall–Kier alpha value is -0.900. The highest BCUT2D eigenvalue weighted by Crippen LogP contribution is 2.22. The number of nitrogens with one attached hydrogen (secondary N) is 1. The molecule has 1 fully saturated rings. The third kappa shape index (κ3) is 5.10. The number of nitrogens with zero attached hydrogens (tertiary/aromatic N) is 1. The van der Waals surface area contributed by atoms with Gasteiger partial charge in [0.2, 0.25) is 0 Å². The first kappa shape index (κ1) is 16.5. The van der Waals surface area contributed by atoms with Crippen molar-refractivity contribution in [1.29, 1.82) is 0 Å². The molecule has 0 aromatic heterocycles. The Bertz CT molecular complexity index is 394. The molecule has 21 heavy (non-hydrogen) atoms. The summed E-state index contributed by atoms with van der Waals surface area (Å²) in [5, 5.41) is 3.73. The van der Waals surface area contributed by atoms with Crippen LogP contribution in [0.15, 0.2) is 30.3 Å². The lowest BCUT2D eigenvalue weighted by atomic mass is 9.87. The van der Waals surface area contributed by atoms with Crippen molar-refractivity contribution in [3.05, 3.63) is 35.9 Å². The second-order valence-corrected chi connectivity index (χ2v) is 6.84. The molecule has 118 valence electrons. The van der Waals surface area contributed by atoms with E-state index in [4.69, 9.17) is 5.73 Å². The lowest BCUT2D eigenvalue weighted by molar-refractivity contribution is 0.137. The lowest BCUT2D eigenvalue weighted by Crippen LogP contribution is -2.58. The van der Waals surface area contributed by atoms with E-state index in [-0.39, 0.29) is 5.54 Å². The van der Waals surface area contributed by atoms with Gasteiger partial charge in [0.25, 0.3) is 0 Å². The molecule has 3 heteroatoms. The van der Waals surface area contributed by atoms with E-state index >= 15 is 0 Å². The van der Waals surface area contributed by atoms with Crippen molar-refractivity contribution in [2.45, 2.75) is 38.6 Å². The van der Waals surface area contributed by atoms with Crippen LogP contribution in [0.1, 0.15) is 32.3 Å². The van der Waals surface area contributed by atoms with Crippen LogP contribution in [0.5, 0.6) is 0 Å². The molecule has 1 saturated heterocycles. The summed E-state index contributed by atoms with van der Waals surface area (Å²) in [5.41, 5.74) is 7.66. The summed E-state index contributed by atoms with van der Waals surface area (Å²) in [4.78, 5) is 2.58. The molecule has 0 amide bonds. The quantitative estimate of drug-likeness (QED) is 0.809. The summed E-state index contributed by atoms with van der Waals surface area (Å²) < 4.78 is 0. The first-order valence-corrected chi connectivity index (χ1v) is 8.35. The minimum absolute atomic E-state index is 0.174. The third-order valence-corrected chi connectivity index (χ3v) is 4.65. The lowest BCUT2D eigenvalue weighted by Gasteiger charge is -2.42. The van der Waals surface area contributed by atoms with Crippen LogP contribution in [0.4, 0.5) is 0 Å². The molecule has 1 aromatic rings. The highest BCUT2D eigenvalue weighted by atomic mass is 15.2. The predicted molar refractivity (Wildman–Crippen MR) is 90.4 cm³/mol. The van der Waals surface area contributed by atoms with Gasteiger partial charge in [0.05, 0.1) is 0 Å². The van der Waals surface area contributed by atoms with E-state index in [0.717, 1.165) is 39.1 Å². The standard InChI is InChI=1S/C18H31N3/c1-16(2)14-20-18(15-19)9-12-21(13-10-18)11-8-17-6-4-3-5-7-17/h3-7,16,20H,8-15,19H2,1-2H3. The van der Waals surface area contributed by atoms with Gasteiger partial charge in [-0.15, -0.1) is 0 Å². The monoisotopic (exact) mass is 289 g/mol. The molecule has 0 unspecified atom stereocenters. The molecule has 1 heterocycles. The average Bonchev–Trinajstić information content (AvgIpc) is 2.53. The Labute approximate surface area is 129 Å². The van der Waals surface area contributed by atoms with Gasteiger partial charge in [0, 0.05) is 18.6 Å². The van der Waals surface area contributed by atoms with Crippen molar-refractivity contribution >= 4 is 0 Å². The summed E-state index contributed by atoms with van der Waals surface area (Å²) in [7, 11) is 0. The van der Waals surface area contributed by atoms with Crippen LogP contribution in [-0.4, -0.2) is 43.2 Å². The van der Waals surface area contributed by atoms with Crippen LogP contribution in [0.25, 0.3) is 0 Å². The number of likely N-dealkylation sites (tertiary alicyclic amines) is 1. The third-order valence-electron chi connectivity index (χ3n) is 4.65. The number of piperidine rings is 1. The molecule has 0 radical (unpaired) electrons. The summed E-state index contributed by atoms with van der Waals surface area (Å²) in [6.45, 7) is 9.82. The van der Waals surface area contributed by atoms with Crippen LogP contribution < -0.4 is 11.1 Å². The first-order chi connectivity index (χ1) is 10.1. The minimum atomic E-state index is 0.174. The van der Waals surface area contributed by atoms with Crippen LogP contribution >= 0.6 is 0 Å². The predicted octanol–water partition coefficient (Wildman–Crippen LogP) is 2.27. The van der Waals surface area contributed by atoms with Crippen molar-refractivity contribution in [3.8, 4) is 0 Å². The fourth-order valence-electron chi connectivity index (χ4n) is 3.01. The van der Waals surface area contributed by atoms with Gasteiger partial charge >= 0.3 is 0 Å². The molecular formula is C18H31N3. The maximum Gasteiger partial charge on any atom is 0.0328 e. The average molecular weight is 289 g/mol. The summed E-state index contributed by atoms with van der Waals surface area (Å²) >= 11 is 0. The van der Waals surface area contributed by atoms with E-state index < -0.39 is 0 Å². The molecule has 3 N–H and O–H groups in total. The van der Waals surface area contributed by atoms with E-state index in [9.17, 15) is 0 Å². The Morgan fingerprint density at radius 3 is 2.43 bits per heavy atom. The van der Waals surface area contributed by atoms with Crippen molar-refractivity contribution in [2.75, 3.05) is 32.7 Å². The summed E-state index contributed by atoms with van der Waals surface area (Å²) in [5.74, 6) is 0.685. The van der Waals surface area contributed by atoms with Crippen molar-refractivity contribution in [2.24, 2.45) is 11.7 Å². The molecule has 0 aliphatic carbocycles. The van der Waals surface area contributed by atoms with Gasteiger partial charge in [0.15, 0.2) is 0 Å². The Balaban J connectivity index is 1.76. The number of hydrogen-bond acceptors (Lipinski definition) is 3. The Morgan fingerprint density at radius 2 is 1.86 bits per heavy atom. The van der Waals surface area contributed by atoms with E-state index in [0.29, 0.717) is 5.92 Å². The van der Waals surface area contributed by atoms with Crippen molar-refractivity contribution < 1.29 is 0 Å². The fraction of sp³-hybridized carbons (Fsp3) is 0.667. The number of benzene rings is 1. The molecule has 0 saturated carbocycles. The minimum Gasteiger partial charge on any atom is -0.329 e. The topological polar surface area (TPSA) is 41.3 Å².